The van der Waals surface area contributed by atoms with Gasteiger partial charge in [-0.3, -0.25) is 4.79 Å². The zero-order chi connectivity index (χ0) is 11.5. The van der Waals surface area contributed by atoms with Crippen molar-refractivity contribution in [1.29, 1.82) is 0 Å². The topological polar surface area (TPSA) is 37.3 Å². The molecule has 0 aliphatic heterocycles. The van der Waals surface area contributed by atoms with E-state index >= 15 is 0 Å². The van der Waals surface area contributed by atoms with Crippen molar-refractivity contribution in [3.63, 3.8) is 0 Å². The molecule has 2 heteroatoms. The van der Waals surface area contributed by atoms with Crippen molar-refractivity contribution in [2.24, 2.45) is 0 Å². The summed E-state index contributed by atoms with van der Waals surface area (Å²) < 4.78 is 0. The lowest BCUT2D eigenvalue weighted by Crippen LogP contribution is -1.93. The molecular weight excluding hydrogens is 188 g/mol. The fourth-order valence-electron chi connectivity index (χ4n) is 1.48. The van der Waals surface area contributed by atoms with Gasteiger partial charge in [-0.1, -0.05) is 37.8 Å². The van der Waals surface area contributed by atoms with E-state index < -0.39 is 5.97 Å². The Balaban J connectivity index is 3.05. The van der Waals surface area contributed by atoms with Crippen LogP contribution >= 0.6 is 0 Å². The van der Waals surface area contributed by atoms with Crippen LogP contribution in [-0.2, 0) is 4.79 Å². The van der Waals surface area contributed by atoms with E-state index in [1.807, 2.05) is 0 Å². The van der Waals surface area contributed by atoms with Crippen molar-refractivity contribution >= 4 is 5.97 Å². The van der Waals surface area contributed by atoms with Crippen LogP contribution in [-0.4, -0.2) is 11.1 Å². The third-order valence-corrected chi connectivity index (χ3v) is 2.52. The summed E-state index contributed by atoms with van der Waals surface area (Å²) >= 11 is 0. The van der Waals surface area contributed by atoms with Crippen molar-refractivity contribution in [3.8, 4) is 0 Å². The van der Waals surface area contributed by atoms with Crippen LogP contribution in [0.4, 0.5) is 0 Å². The Kier molecular flexibility index (Phi) is 9.24. The molecule has 0 aromatic carbocycles. The molecular formula is C13H23O2. The SMILES string of the molecule is [CH2]CC(=C)CCCCCCCCC(=O)O. The number of hydrogen-bond acceptors (Lipinski definition) is 1. The highest BCUT2D eigenvalue weighted by atomic mass is 16.4. The molecule has 0 saturated heterocycles. The lowest BCUT2D eigenvalue weighted by atomic mass is 10.0. The Morgan fingerprint density at radius 3 is 1.87 bits per heavy atom. The third-order valence-electron chi connectivity index (χ3n) is 2.52. The van der Waals surface area contributed by atoms with Gasteiger partial charge in [-0.2, -0.15) is 0 Å². The Hall–Kier alpha value is -0.790. The van der Waals surface area contributed by atoms with E-state index in [-0.39, 0.29) is 0 Å². The number of hydrogen-bond donors (Lipinski definition) is 1. The molecule has 0 aromatic rings. The first-order chi connectivity index (χ1) is 7.16. The number of rotatable bonds is 10. The predicted molar refractivity (Wildman–Crippen MR) is 63.7 cm³/mol. The Morgan fingerprint density at radius 2 is 1.40 bits per heavy atom. The van der Waals surface area contributed by atoms with Crippen LogP contribution in [0, 0.1) is 6.92 Å². The molecule has 0 atom stereocenters. The number of allylic oxidation sites excluding steroid dienone is 1. The van der Waals surface area contributed by atoms with Gasteiger partial charge >= 0.3 is 5.97 Å². The van der Waals surface area contributed by atoms with Gasteiger partial charge in [0.25, 0.3) is 0 Å². The summed E-state index contributed by atoms with van der Waals surface area (Å²) in [6.45, 7) is 7.70. The molecule has 0 aromatic heterocycles. The van der Waals surface area contributed by atoms with E-state index in [0.717, 1.165) is 32.1 Å². The highest BCUT2D eigenvalue weighted by Gasteiger charge is 1.96. The summed E-state index contributed by atoms with van der Waals surface area (Å²) in [5, 5.41) is 8.43. The number of carbonyl (C=O) groups is 1. The van der Waals surface area contributed by atoms with Crippen LogP contribution in [0.2, 0.25) is 0 Å². The molecule has 0 aliphatic carbocycles. The van der Waals surface area contributed by atoms with Gasteiger partial charge in [-0.15, -0.1) is 0 Å². The number of carboxylic acid groups (broad SMARTS) is 1. The van der Waals surface area contributed by atoms with Gasteiger partial charge in [-0.25, -0.2) is 0 Å². The van der Waals surface area contributed by atoms with Crippen molar-refractivity contribution in [3.05, 3.63) is 19.1 Å². The molecule has 2 nitrogen and oxygen atoms in total. The monoisotopic (exact) mass is 211 g/mol. The Bertz CT molecular complexity index is 185. The molecule has 0 heterocycles. The second-order valence-electron chi connectivity index (χ2n) is 4.02. The minimum Gasteiger partial charge on any atom is -0.481 e. The summed E-state index contributed by atoms with van der Waals surface area (Å²) in [4.78, 5) is 10.2. The van der Waals surface area contributed by atoms with Crippen molar-refractivity contribution in [2.75, 3.05) is 0 Å². The molecule has 0 amide bonds. The van der Waals surface area contributed by atoms with Gasteiger partial charge in [0.2, 0.25) is 0 Å². The highest BCUT2D eigenvalue weighted by molar-refractivity contribution is 5.66. The maximum atomic E-state index is 10.2. The minimum atomic E-state index is -0.679. The summed E-state index contributed by atoms with van der Waals surface area (Å²) in [5.74, 6) is -0.679. The molecule has 0 saturated carbocycles. The largest absolute Gasteiger partial charge is 0.481 e. The first kappa shape index (κ1) is 14.2. The van der Waals surface area contributed by atoms with E-state index in [4.69, 9.17) is 5.11 Å². The number of aliphatic carboxylic acids is 1. The van der Waals surface area contributed by atoms with Crippen LogP contribution in [0.1, 0.15) is 57.8 Å². The van der Waals surface area contributed by atoms with E-state index in [2.05, 4.69) is 13.5 Å². The molecule has 1 radical (unpaired) electrons. The Morgan fingerprint density at radius 1 is 0.933 bits per heavy atom. The van der Waals surface area contributed by atoms with Gasteiger partial charge in [0, 0.05) is 6.42 Å². The van der Waals surface area contributed by atoms with Crippen LogP contribution in [0.3, 0.4) is 0 Å². The Labute approximate surface area is 93.4 Å². The maximum Gasteiger partial charge on any atom is 0.303 e. The quantitative estimate of drug-likeness (QED) is 0.438. The molecule has 0 rings (SSSR count). The number of unbranched alkanes of at least 4 members (excludes halogenated alkanes) is 5. The van der Waals surface area contributed by atoms with Crippen molar-refractivity contribution < 1.29 is 9.90 Å². The first-order valence-electron chi connectivity index (χ1n) is 5.84. The molecule has 87 valence electrons. The second-order valence-corrected chi connectivity index (χ2v) is 4.02. The summed E-state index contributed by atoms with van der Waals surface area (Å²) in [7, 11) is 0. The number of carboxylic acids is 1. The summed E-state index contributed by atoms with van der Waals surface area (Å²) in [6.07, 6.45) is 8.92. The zero-order valence-corrected chi connectivity index (χ0v) is 9.63. The maximum absolute atomic E-state index is 10.2. The van der Waals surface area contributed by atoms with Crippen LogP contribution < -0.4 is 0 Å². The molecule has 15 heavy (non-hydrogen) atoms. The van der Waals surface area contributed by atoms with Gasteiger partial charge in [0.15, 0.2) is 0 Å². The standard InChI is InChI=1S/C13H23O2/c1-3-12(2)10-8-6-4-5-7-9-11-13(14)15/h1-11H2,(H,14,15). The fraction of sp³-hybridized carbons (Fsp3) is 0.692. The van der Waals surface area contributed by atoms with E-state index in [1.54, 1.807) is 0 Å². The van der Waals surface area contributed by atoms with Gasteiger partial charge in [0.05, 0.1) is 0 Å². The second kappa shape index (κ2) is 9.75. The smallest absolute Gasteiger partial charge is 0.303 e. The molecule has 0 aliphatic rings. The molecule has 1 N–H and O–H groups in total. The average molecular weight is 211 g/mol. The minimum absolute atomic E-state index is 0.318. The third kappa shape index (κ3) is 11.1. The van der Waals surface area contributed by atoms with Gasteiger partial charge in [0.1, 0.15) is 0 Å². The lowest BCUT2D eigenvalue weighted by molar-refractivity contribution is -0.137. The predicted octanol–water partition coefficient (Wildman–Crippen LogP) is 3.97. The normalized spacial score (nSPS) is 10.2. The van der Waals surface area contributed by atoms with Crippen molar-refractivity contribution in [2.45, 2.75) is 57.8 Å². The fourth-order valence-corrected chi connectivity index (χ4v) is 1.48. The zero-order valence-electron chi connectivity index (χ0n) is 9.63. The van der Waals surface area contributed by atoms with Crippen LogP contribution in [0.5, 0.6) is 0 Å². The molecule has 0 fully saturated rings. The summed E-state index contributed by atoms with van der Waals surface area (Å²) in [6, 6.07) is 0. The van der Waals surface area contributed by atoms with Gasteiger partial charge < -0.3 is 5.11 Å². The average Bonchev–Trinajstić information content (AvgIpc) is 2.21. The van der Waals surface area contributed by atoms with Crippen LogP contribution in [0.25, 0.3) is 0 Å². The molecule has 0 spiro atoms. The highest BCUT2D eigenvalue weighted by Crippen LogP contribution is 2.12. The van der Waals surface area contributed by atoms with Gasteiger partial charge in [-0.05, 0) is 32.6 Å². The molecule has 0 unspecified atom stereocenters. The first-order valence-corrected chi connectivity index (χ1v) is 5.84. The molecule has 0 bridgehead atoms. The lowest BCUT2D eigenvalue weighted by Gasteiger charge is -2.02. The van der Waals surface area contributed by atoms with Crippen molar-refractivity contribution in [1.82, 2.24) is 0 Å². The van der Waals surface area contributed by atoms with E-state index in [1.165, 1.54) is 24.8 Å². The van der Waals surface area contributed by atoms with E-state index in [0.29, 0.717) is 6.42 Å². The summed E-state index contributed by atoms with van der Waals surface area (Å²) in [5.41, 5.74) is 1.24. The van der Waals surface area contributed by atoms with Crippen LogP contribution in [0.15, 0.2) is 12.2 Å². The van der Waals surface area contributed by atoms with E-state index in [9.17, 15) is 4.79 Å².